The fraction of sp³-hybridized carbons (Fsp3) is 0.636. The molecule has 0 aliphatic heterocycles. The van der Waals surface area contributed by atoms with Crippen LogP contribution in [0.15, 0.2) is 35.9 Å². The van der Waals surface area contributed by atoms with Gasteiger partial charge in [0, 0.05) is 19.3 Å². The van der Waals surface area contributed by atoms with Gasteiger partial charge in [-0.1, -0.05) is 37.6 Å². The van der Waals surface area contributed by atoms with Gasteiger partial charge in [0.15, 0.2) is 17.3 Å². The Morgan fingerprint density at radius 2 is 1.87 bits per heavy atom. The maximum atomic E-state index is 13.6. The second-order valence-corrected chi connectivity index (χ2v) is 12.5. The van der Waals surface area contributed by atoms with Crippen molar-refractivity contribution in [2.45, 2.75) is 85.2 Å². The zero-order valence-electron chi connectivity index (χ0n) is 23.8. The van der Waals surface area contributed by atoms with Crippen molar-refractivity contribution < 1.29 is 23.8 Å². The lowest BCUT2D eigenvalue weighted by Gasteiger charge is -2.58. The number of carbonyl (C=O) groups is 2. The molecule has 0 saturated heterocycles. The van der Waals surface area contributed by atoms with Crippen molar-refractivity contribution >= 4 is 17.8 Å². The van der Waals surface area contributed by atoms with Gasteiger partial charge in [0.1, 0.15) is 6.10 Å². The molecule has 1 aromatic rings. The highest BCUT2D eigenvalue weighted by Gasteiger charge is 2.59. The molecule has 0 heterocycles. The van der Waals surface area contributed by atoms with Crippen LogP contribution in [0.1, 0.15) is 84.6 Å². The van der Waals surface area contributed by atoms with Crippen LogP contribution in [0.4, 0.5) is 0 Å². The minimum absolute atomic E-state index is 0.0350. The third-order valence-corrected chi connectivity index (χ3v) is 10.7. The van der Waals surface area contributed by atoms with Crippen LogP contribution >= 0.6 is 0 Å². The molecule has 0 spiro atoms. The summed E-state index contributed by atoms with van der Waals surface area (Å²) in [5, 5.41) is 0. The first-order valence-electron chi connectivity index (χ1n) is 14.6. The van der Waals surface area contributed by atoms with Gasteiger partial charge in [-0.3, -0.25) is 9.59 Å². The molecule has 0 radical (unpaired) electrons. The quantitative estimate of drug-likeness (QED) is 0.216. The molecule has 0 unspecified atom stereocenters. The maximum Gasteiger partial charge on any atom is 0.302 e. The Labute approximate surface area is 228 Å². The van der Waals surface area contributed by atoms with Crippen molar-refractivity contribution in [3.63, 3.8) is 0 Å². The Morgan fingerprint density at radius 1 is 1.05 bits per heavy atom. The Kier molecular flexibility index (Phi) is 7.50. The van der Waals surface area contributed by atoms with Crippen molar-refractivity contribution in [2.75, 3.05) is 13.7 Å². The first kappa shape index (κ1) is 27.0. The van der Waals surface area contributed by atoms with Crippen LogP contribution in [0.3, 0.4) is 0 Å². The Balaban J connectivity index is 1.30. The van der Waals surface area contributed by atoms with Crippen LogP contribution in [0.5, 0.6) is 11.5 Å². The number of benzene rings is 1. The highest BCUT2D eigenvalue weighted by molar-refractivity contribution is 5.96. The molecule has 206 valence electrons. The number of methoxy groups -OCH3 is 1. The predicted molar refractivity (Wildman–Crippen MR) is 149 cm³/mol. The molecule has 38 heavy (non-hydrogen) atoms. The van der Waals surface area contributed by atoms with Gasteiger partial charge in [-0.05, 0) is 104 Å². The number of esters is 1. The van der Waals surface area contributed by atoms with Crippen molar-refractivity contribution in [1.29, 1.82) is 0 Å². The monoisotopic (exact) mass is 520 g/mol. The van der Waals surface area contributed by atoms with Crippen molar-refractivity contribution in [2.24, 2.45) is 34.5 Å². The zero-order valence-corrected chi connectivity index (χ0v) is 23.8. The van der Waals surface area contributed by atoms with Gasteiger partial charge in [0.05, 0.1) is 13.7 Å². The largest absolute Gasteiger partial charge is 0.493 e. The summed E-state index contributed by atoms with van der Waals surface area (Å²) in [6, 6.07) is 5.82. The van der Waals surface area contributed by atoms with Crippen LogP contribution in [0.2, 0.25) is 0 Å². The number of ketones is 1. The second-order valence-electron chi connectivity index (χ2n) is 12.5. The van der Waals surface area contributed by atoms with E-state index in [0.29, 0.717) is 30.1 Å². The highest BCUT2D eigenvalue weighted by atomic mass is 16.5. The van der Waals surface area contributed by atoms with Gasteiger partial charge in [-0.25, -0.2) is 0 Å². The molecule has 0 N–H and O–H groups in total. The lowest BCUT2D eigenvalue weighted by Crippen LogP contribution is -2.51. The average Bonchev–Trinajstić information content (AvgIpc) is 3.25. The number of hydrogen-bond acceptors (Lipinski definition) is 5. The minimum atomic E-state index is -0.168. The first-order valence-corrected chi connectivity index (χ1v) is 14.6. The molecule has 4 aliphatic carbocycles. The number of ether oxygens (including phenoxy) is 3. The molecule has 7 atom stereocenters. The third kappa shape index (κ3) is 4.71. The van der Waals surface area contributed by atoms with Crippen LogP contribution in [0, 0.1) is 34.5 Å². The van der Waals surface area contributed by atoms with E-state index in [1.807, 2.05) is 31.2 Å². The van der Waals surface area contributed by atoms with Crippen molar-refractivity contribution in [3.8, 4) is 11.5 Å². The molecule has 5 heteroatoms. The molecule has 0 bridgehead atoms. The summed E-state index contributed by atoms with van der Waals surface area (Å²) >= 11 is 0. The van der Waals surface area contributed by atoms with Crippen LogP contribution in [-0.2, 0) is 14.3 Å². The summed E-state index contributed by atoms with van der Waals surface area (Å²) in [6.45, 7) is 8.92. The van der Waals surface area contributed by atoms with E-state index in [-0.39, 0.29) is 34.6 Å². The standard InChI is InChI=1S/C33H44O5/c1-6-37-30-14-8-22(19-31(30)36-5)7-13-29(35)28-12-11-26-25-10-9-23-20-24(38-21(2)34)15-17-32(23,3)27(25)16-18-33(26,28)4/h7-9,13-14,19,24-28H,6,10-12,15-18,20H2,1-5H3/b13-7+/t24-,25-,26-,27-,28+,32-,33-/m0/s1. The predicted octanol–water partition coefficient (Wildman–Crippen LogP) is 7.19. The molecule has 4 aliphatic rings. The minimum Gasteiger partial charge on any atom is -0.493 e. The molecular formula is C33H44O5. The van der Waals surface area contributed by atoms with E-state index in [2.05, 4.69) is 19.9 Å². The first-order chi connectivity index (χ1) is 18.2. The molecule has 3 saturated carbocycles. The normalized spacial score (nSPS) is 36.0. The number of rotatable bonds is 7. The van der Waals surface area contributed by atoms with Gasteiger partial charge in [-0.15, -0.1) is 0 Å². The van der Waals surface area contributed by atoms with Gasteiger partial charge in [0.2, 0.25) is 0 Å². The fourth-order valence-corrected chi connectivity index (χ4v) is 8.79. The fourth-order valence-electron chi connectivity index (χ4n) is 8.79. The van der Waals surface area contributed by atoms with E-state index in [4.69, 9.17) is 14.2 Å². The molecule has 1 aromatic carbocycles. The highest BCUT2D eigenvalue weighted by Crippen LogP contribution is 2.66. The summed E-state index contributed by atoms with van der Waals surface area (Å²) in [6.07, 6.45) is 14.7. The topological polar surface area (TPSA) is 61.8 Å². The number of hydrogen-bond donors (Lipinski definition) is 0. The van der Waals surface area contributed by atoms with Gasteiger partial charge in [0.25, 0.3) is 0 Å². The Bertz CT molecular complexity index is 1130. The summed E-state index contributed by atoms with van der Waals surface area (Å²) in [4.78, 5) is 25.1. The van der Waals surface area contributed by atoms with E-state index in [0.717, 1.165) is 56.3 Å². The molecule has 5 rings (SSSR count). The molecule has 3 fully saturated rings. The number of allylic oxidation sites excluding steroid dienone is 2. The van der Waals surface area contributed by atoms with Gasteiger partial charge < -0.3 is 14.2 Å². The Morgan fingerprint density at radius 3 is 2.61 bits per heavy atom. The van der Waals surface area contributed by atoms with E-state index in [1.54, 1.807) is 13.2 Å². The lowest BCUT2D eigenvalue weighted by molar-refractivity contribution is -0.149. The summed E-state index contributed by atoms with van der Waals surface area (Å²) in [7, 11) is 1.64. The molecular weight excluding hydrogens is 476 g/mol. The van der Waals surface area contributed by atoms with Crippen molar-refractivity contribution in [3.05, 3.63) is 41.5 Å². The SMILES string of the molecule is CCOc1ccc(/C=C/C(=O)[C@H]2CC[C@H]3[C@@H]4CC=C5C[C@@H](OC(C)=O)CC[C@]5(C)[C@H]4CC[C@]23C)cc1OC. The van der Waals surface area contributed by atoms with Gasteiger partial charge >= 0.3 is 5.97 Å². The summed E-state index contributed by atoms with van der Waals surface area (Å²) in [5.41, 5.74) is 2.73. The van der Waals surface area contributed by atoms with Crippen LogP contribution < -0.4 is 9.47 Å². The Hall–Kier alpha value is -2.56. The van der Waals surface area contributed by atoms with Crippen LogP contribution in [-0.4, -0.2) is 31.6 Å². The number of carbonyl (C=O) groups excluding carboxylic acids is 2. The average molecular weight is 521 g/mol. The lowest BCUT2D eigenvalue weighted by atomic mass is 9.47. The van der Waals surface area contributed by atoms with E-state index in [9.17, 15) is 9.59 Å². The van der Waals surface area contributed by atoms with E-state index < -0.39 is 0 Å². The van der Waals surface area contributed by atoms with E-state index in [1.165, 1.54) is 18.9 Å². The van der Waals surface area contributed by atoms with Gasteiger partial charge in [-0.2, -0.15) is 0 Å². The smallest absolute Gasteiger partial charge is 0.302 e. The zero-order chi connectivity index (χ0) is 27.1. The summed E-state index contributed by atoms with van der Waals surface area (Å²) < 4.78 is 16.7. The number of fused-ring (bicyclic) bond motifs is 5. The third-order valence-electron chi connectivity index (χ3n) is 10.7. The second kappa shape index (κ2) is 10.5. The maximum absolute atomic E-state index is 13.6. The molecule has 0 aromatic heterocycles. The summed E-state index contributed by atoms with van der Waals surface area (Å²) in [5.74, 6) is 3.50. The van der Waals surface area contributed by atoms with Crippen LogP contribution in [0.25, 0.3) is 6.08 Å². The molecule has 0 amide bonds. The van der Waals surface area contributed by atoms with E-state index >= 15 is 0 Å². The van der Waals surface area contributed by atoms with Crippen molar-refractivity contribution in [1.82, 2.24) is 0 Å². The molecule has 5 nitrogen and oxygen atoms in total.